The zero-order valence-electron chi connectivity index (χ0n) is 18.0. The van der Waals surface area contributed by atoms with Gasteiger partial charge in [0.05, 0.1) is 37.3 Å². The molecule has 8 heteroatoms. The summed E-state index contributed by atoms with van der Waals surface area (Å²) in [4.78, 5) is 39.8. The molecule has 1 aromatic heterocycles. The van der Waals surface area contributed by atoms with Gasteiger partial charge in [-0.1, -0.05) is 35.9 Å². The van der Waals surface area contributed by atoms with Crippen LogP contribution >= 0.6 is 11.6 Å². The van der Waals surface area contributed by atoms with Crippen LogP contribution in [0.1, 0.15) is 28.8 Å². The van der Waals surface area contributed by atoms with Gasteiger partial charge in [0.2, 0.25) is 11.8 Å². The SMILES string of the molecule is COC(=O)c1cc(Cl)ccc1NC(=O)[C@H]1CCCN1C(=O)Cc1cccc(-c2ccoc2)c1. The van der Waals surface area contributed by atoms with Crippen LogP contribution in [-0.4, -0.2) is 42.4 Å². The summed E-state index contributed by atoms with van der Waals surface area (Å²) in [6.45, 7) is 0.503. The standard InChI is InChI=1S/C25H23ClN2O5/c1-32-25(31)20-14-19(26)7-8-21(20)27-24(30)22-6-3-10-28(22)23(29)13-16-4-2-5-17(12-16)18-9-11-33-15-18/h2,4-5,7-9,11-12,14-15,22H,3,6,10,13H2,1H3,(H,27,30)/t22-/m1/s1. The van der Waals surface area contributed by atoms with Gasteiger partial charge in [-0.3, -0.25) is 9.59 Å². The zero-order chi connectivity index (χ0) is 23.4. The second-order valence-corrected chi connectivity index (χ2v) is 8.24. The summed E-state index contributed by atoms with van der Waals surface area (Å²) in [5.74, 6) is -1.08. The Balaban J connectivity index is 1.47. The lowest BCUT2D eigenvalue weighted by molar-refractivity contribution is -0.136. The Bertz CT molecular complexity index is 1180. The smallest absolute Gasteiger partial charge is 0.340 e. The Hall–Kier alpha value is -3.58. The molecule has 0 aliphatic carbocycles. The third kappa shape index (κ3) is 5.09. The first-order chi connectivity index (χ1) is 16.0. The fraction of sp³-hybridized carbons (Fsp3) is 0.240. The molecule has 0 unspecified atom stereocenters. The predicted molar refractivity (Wildman–Crippen MR) is 124 cm³/mol. The number of carbonyl (C=O) groups excluding carboxylic acids is 3. The number of hydrogen-bond acceptors (Lipinski definition) is 5. The molecule has 0 radical (unpaired) electrons. The lowest BCUT2D eigenvalue weighted by atomic mass is 10.0. The monoisotopic (exact) mass is 466 g/mol. The number of esters is 1. The number of ether oxygens (including phenoxy) is 1. The largest absolute Gasteiger partial charge is 0.472 e. The van der Waals surface area contributed by atoms with Gasteiger partial charge >= 0.3 is 5.97 Å². The highest BCUT2D eigenvalue weighted by Gasteiger charge is 2.34. The van der Waals surface area contributed by atoms with Crippen molar-refractivity contribution in [1.29, 1.82) is 0 Å². The van der Waals surface area contributed by atoms with Gasteiger partial charge in [-0.05, 0) is 48.2 Å². The minimum Gasteiger partial charge on any atom is -0.472 e. The normalized spacial score (nSPS) is 15.3. The molecule has 0 bridgehead atoms. The molecular weight excluding hydrogens is 444 g/mol. The number of rotatable bonds is 6. The van der Waals surface area contributed by atoms with Crippen LogP contribution in [0.5, 0.6) is 0 Å². The minimum atomic E-state index is -0.615. The van der Waals surface area contributed by atoms with Gasteiger partial charge < -0.3 is 19.4 Å². The first kappa shape index (κ1) is 22.6. The Labute approximate surface area is 196 Å². The Morgan fingerprint density at radius 2 is 2.00 bits per heavy atom. The third-order valence-electron chi connectivity index (χ3n) is 5.66. The maximum Gasteiger partial charge on any atom is 0.340 e. The number of carbonyl (C=O) groups is 3. The van der Waals surface area contributed by atoms with Gasteiger partial charge in [0.1, 0.15) is 6.04 Å². The number of nitrogens with zero attached hydrogens (tertiary/aromatic N) is 1. The van der Waals surface area contributed by atoms with E-state index < -0.39 is 12.0 Å². The van der Waals surface area contributed by atoms with E-state index in [2.05, 4.69) is 5.32 Å². The number of nitrogens with one attached hydrogen (secondary N) is 1. The first-order valence-corrected chi connectivity index (χ1v) is 10.9. The summed E-state index contributed by atoms with van der Waals surface area (Å²) in [7, 11) is 1.26. The van der Waals surface area contributed by atoms with Crippen molar-refractivity contribution in [2.24, 2.45) is 0 Å². The van der Waals surface area contributed by atoms with E-state index in [0.717, 1.165) is 23.1 Å². The maximum absolute atomic E-state index is 13.1. The average molecular weight is 467 g/mol. The second kappa shape index (κ2) is 9.92. The molecule has 1 fully saturated rings. The molecule has 2 amide bonds. The van der Waals surface area contributed by atoms with Gasteiger partial charge in [0.25, 0.3) is 0 Å². The lowest BCUT2D eigenvalue weighted by Crippen LogP contribution is -2.44. The molecule has 2 heterocycles. The van der Waals surface area contributed by atoms with Crippen LogP contribution in [-0.2, 0) is 20.7 Å². The molecule has 0 spiro atoms. The van der Waals surface area contributed by atoms with Crippen molar-refractivity contribution in [2.75, 3.05) is 19.0 Å². The fourth-order valence-corrected chi connectivity index (χ4v) is 4.20. The minimum absolute atomic E-state index is 0.124. The number of hydrogen-bond donors (Lipinski definition) is 1. The topological polar surface area (TPSA) is 88.9 Å². The number of benzene rings is 2. The molecule has 0 saturated carbocycles. The van der Waals surface area contributed by atoms with E-state index in [9.17, 15) is 14.4 Å². The number of methoxy groups -OCH3 is 1. The van der Waals surface area contributed by atoms with Crippen molar-refractivity contribution in [2.45, 2.75) is 25.3 Å². The number of halogens is 1. The maximum atomic E-state index is 13.1. The van der Waals surface area contributed by atoms with Gasteiger partial charge in [-0.25, -0.2) is 4.79 Å². The highest BCUT2D eigenvalue weighted by molar-refractivity contribution is 6.31. The van der Waals surface area contributed by atoms with Crippen LogP contribution in [0.2, 0.25) is 5.02 Å². The first-order valence-electron chi connectivity index (χ1n) is 10.6. The van der Waals surface area contributed by atoms with Crippen molar-refractivity contribution in [3.63, 3.8) is 0 Å². The van der Waals surface area contributed by atoms with Gasteiger partial charge in [0, 0.05) is 17.1 Å². The van der Waals surface area contributed by atoms with Crippen molar-refractivity contribution >= 4 is 35.1 Å². The van der Waals surface area contributed by atoms with Crippen LogP contribution in [0.4, 0.5) is 5.69 Å². The van der Waals surface area contributed by atoms with Crippen LogP contribution in [0.25, 0.3) is 11.1 Å². The van der Waals surface area contributed by atoms with Crippen molar-refractivity contribution in [3.8, 4) is 11.1 Å². The van der Waals surface area contributed by atoms with E-state index in [1.165, 1.54) is 13.2 Å². The number of anilines is 1. The van der Waals surface area contributed by atoms with E-state index in [0.29, 0.717) is 23.7 Å². The molecule has 3 aromatic rings. The molecule has 1 saturated heterocycles. The summed E-state index contributed by atoms with van der Waals surface area (Å²) in [5, 5.41) is 3.12. The highest BCUT2D eigenvalue weighted by Crippen LogP contribution is 2.26. The van der Waals surface area contributed by atoms with E-state index in [1.807, 2.05) is 30.3 Å². The van der Waals surface area contributed by atoms with Crippen molar-refractivity contribution < 1.29 is 23.5 Å². The number of amides is 2. The Morgan fingerprint density at radius 3 is 2.76 bits per heavy atom. The summed E-state index contributed by atoms with van der Waals surface area (Å²) >= 11 is 5.99. The van der Waals surface area contributed by atoms with Crippen LogP contribution in [0.15, 0.2) is 65.5 Å². The molecular formula is C25H23ClN2O5. The van der Waals surface area contributed by atoms with E-state index in [4.69, 9.17) is 20.8 Å². The molecule has 1 aliphatic rings. The quantitative estimate of drug-likeness (QED) is 0.538. The molecule has 4 rings (SSSR count). The molecule has 7 nitrogen and oxygen atoms in total. The molecule has 2 aromatic carbocycles. The zero-order valence-corrected chi connectivity index (χ0v) is 18.8. The van der Waals surface area contributed by atoms with Crippen molar-refractivity contribution in [3.05, 3.63) is 77.2 Å². The highest BCUT2D eigenvalue weighted by atomic mass is 35.5. The van der Waals surface area contributed by atoms with Crippen LogP contribution in [0, 0.1) is 0 Å². The molecule has 33 heavy (non-hydrogen) atoms. The molecule has 170 valence electrons. The molecule has 1 N–H and O–H groups in total. The Morgan fingerprint density at radius 1 is 1.15 bits per heavy atom. The van der Waals surface area contributed by atoms with Crippen LogP contribution in [0.3, 0.4) is 0 Å². The lowest BCUT2D eigenvalue weighted by Gasteiger charge is -2.24. The van der Waals surface area contributed by atoms with Crippen LogP contribution < -0.4 is 5.32 Å². The summed E-state index contributed by atoms with van der Waals surface area (Å²) in [6.07, 6.45) is 4.72. The van der Waals surface area contributed by atoms with E-state index in [1.54, 1.807) is 29.6 Å². The molecule has 1 aliphatic heterocycles. The summed E-state index contributed by atoms with van der Waals surface area (Å²) in [6, 6.07) is 13.5. The summed E-state index contributed by atoms with van der Waals surface area (Å²) < 4.78 is 9.92. The number of likely N-dealkylation sites (tertiary alicyclic amines) is 1. The summed E-state index contributed by atoms with van der Waals surface area (Å²) in [5.41, 5.74) is 3.21. The fourth-order valence-electron chi connectivity index (χ4n) is 4.02. The van der Waals surface area contributed by atoms with Gasteiger partial charge in [-0.2, -0.15) is 0 Å². The molecule has 1 atom stereocenters. The second-order valence-electron chi connectivity index (χ2n) is 7.81. The number of furan rings is 1. The van der Waals surface area contributed by atoms with Gasteiger partial charge in [-0.15, -0.1) is 0 Å². The van der Waals surface area contributed by atoms with Crippen molar-refractivity contribution in [1.82, 2.24) is 4.90 Å². The predicted octanol–water partition coefficient (Wildman–Crippen LogP) is 4.56. The van der Waals surface area contributed by atoms with Gasteiger partial charge in [0.15, 0.2) is 0 Å². The Kier molecular flexibility index (Phi) is 6.79. The third-order valence-corrected chi connectivity index (χ3v) is 5.89. The van der Waals surface area contributed by atoms with E-state index >= 15 is 0 Å². The average Bonchev–Trinajstić information content (AvgIpc) is 3.52. The van der Waals surface area contributed by atoms with E-state index in [-0.39, 0.29) is 23.8 Å².